The molecule has 26 heavy (non-hydrogen) atoms. The first kappa shape index (κ1) is 18.8. The Kier molecular flexibility index (Phi) is 4.80. The molecular weight excluding hydrogens is 368 g/mol. The van der Waals surface area contributed by atoms with Gasteiger partial charge >= 0.3 is 0 Å². The molecule has 2 amide bonds. The van der Waals surface area contributed by atoms with E-state index in [0.717, 1.165) is 28.7 Å². The smallest absolute Gasteiger partial charge is 0.298 e. The van der Waals surface area contributed by atoms with Gasteiger partial charge in [0, 0.05) is 21.9 Å². The van der Waals surface area contributed by atoms with Gasteiger partial charge in [-0.1, -0.05) is 17.7 Å². The Labute approximate surface area is 162 Å². The van der Waals surface area contributed by atoms with E-state index in [1.807, 2.05) is 19.9 Å². The minimum atomic E-state index is -0.317. The topological polar surface area (TPSA) is 42.3 Å². The van der Waals surface area contributed by atoms with Crippen molar-refractivity contribution in [1.82, 2.24) is 4.57 Å². The molecule has 1 aliphatic heterocycles. The van der Waals surface area contributed by atoms with Crippen LogP contribution in [0.25, 0.3) is 6.08 Å². The summed E-state index contributed by atoms with van der Waals surface area (Å²) in [6, 6.07) is 8.81. The summed E-state index contributed by atoms with van der Waals surface area (Å²) in [6.45, 7) is 10.5. The summed E-state index contributed by atoms with van der Waals surface area (Å²) < 4.78 is 2.24. The number of thioether (sulfide) groups is 1. The number of rotatable bonds is 2. The molecule has 0 unspecified atom stereocenters. The predicted molar refractivity (Wildman–Crippen MR) is 109 cm³/mol. The van der Waals surface area contributed by atoms with Gasteiger partial charge in [-0.15, -0.1) is 0 Å². The number of nitrogens with zero attached hydrogens (tertiary/aromatic N) is 2. The number of amides is 2. The molecule has 6 heteroatoms. The molecule has 2 aromatic rings. The predicted octanol–water partition coefficient (Wildman–Crippen LogP) is 5.75. The van der Waals surface area contributed by atoms with Crippen molar-refractivity contribution in [1.29, 1.82) is 0 Å². The molecule has 1 aliphatic rings. The summed E-state index contributed by atoms with van der Waals surface area (Å²) in [5, 5.41) is 0.174. The van der Waals surface area contributed by atoms with Crippen molar-refractivity contribution in [2.75, 3.05) is 4.90 Å². The summed E-state index contributed by atoms with van der Waals surface area (Å²) in [7, 11) is 0. The fourth-order valence-corrected chi connectivity index (χ4v) is 4.43. The minimum Gasteiger partial charge on any atom is -0.343 e. The Morgan fingerprint density at radius 1 is 1.12 bits per heavy atom. The summed E-state index contributed by atoms with van der Waals surface area (Å²) >= 11 is 6.95. The molecule has 2 heterocycles. The summed E-state index contributed by atoms with van der Waals surface area (Å²) in [6.07, 6.45) is 1.81. The third kappa shape index (κ3) is 3.33. The SMILES string of the molecule is Cc1cc(/C=C2/SC(=O)N(c3cccc(Cl)c3)C2=O)c(C)n1C(C)(C)C. The standard InChI is InChI=1S/C20H21ClN2O2S/c1-12-9-14(13(2)23(12)20(3,4)5)10-17-18(24)22(19(25)26-17)16-8-6-7-15(21)11-16/h6-11H,1-5H3/b17-10+. The average molecular weight is 389 g/mol. The molecule has 0 aliphatic carbocycles. The maximum absolute atomic E-state index is 12.8. The average Bonchev–Trinajstić information content (AvgIpc) is 2.95. The Balaban J connectivity index is 1.99. The van der Waals surface area contributed by atoms with Crippen LogP contribution in [0.4, 0.5) is 10.5 Å². The molecule has 3 rings (SSSR count). The van der Waals surface area contributed by atoms with Crippen LogP contribution in [0, 0.1) is 13.8 Å². The van der Waals surface area contributed by atoms with Crippen LogP contribution in [0.1, 0.15) is 37.7 Å². The zero-order chi connectivity index (χ0) is 19.2. The van der Waals surface area contributed by atoms with Crippen molar-refractivity contribution in [3.63, 3.8) is 0 Å². The number of benzene rings is 1. The largest absolute Gasteiger partial charge is 0.343 e. The number of imide groups is 1. The van der Waals surface area contributed by atoms with E-state index in [9.17, 15) is 9.59 Å². The van der Waals surface area contributed by atoms with Crippen molar-refractivity contribution < 1.29 is 9.59 Å². The van der Waals surface area contributed by atoms with Crippen LogP contribution in [0.15, 0.2) is 35.2 Å². The number of halogens is 1. The van der Waals surface area contributed by atoms with Gasteiger partial charge in [-0.3, -0.25) is 9.59 Å². The van der Waals surface area contributed by atoms with Crippen molar-refractivity contribution in [3.05, 3.63) is 57.2 Å². The number of carbonyl (C=O) groups excluding carboxylic acids is 2. The van der Waals surface area contributed by atoms with E-state index in [1.54, 1.807) is 30.3 Å². The molecule has 136 valence electrons. The van der Waals surface area contributed by atoms with Crippen molar-refractivity contribution in [2.45, 2.75) is 40.2 Å². The zero-order valence-corrected chi connectivity index (χ0v) is 17.0. The summed E-state index contributed by atoms with van der Waals surface area (Å²) in [4.78, 5) is 26.8. The molecule has 0 N–H and O–H groups in total. The second-order valence-electron chi connectivity index (χ2n) is 7.33. The van der Waals surface area contributed by atoms with Crippen molar-refractivity contribution >= 4 is 46.3 Å². The number of hydrogen-bond acceptors (Lipinski definition) is 3. The maximum Gasteiger partial charge on any atom is 0.298 e. The second-order valence-corrected chi connectivity index (χ2v) is 8.76. The van der Waals surface area contributed by atoms with Gasteiger partial charge < -0.3 is 4.57 Å². The van der Waals surface area contributed by atoms with Gasteiger partial charge in [-0.05, 0) is 82.3 Å². The van der Waals surface area contributed by atoms with Gasteiger partial charge in [0.25, 0.3) is 11.1 Å². The highest BCUT2D eigenvalue weighted by Gasteiger charge is 2.36. The van der Waals surface area contributed by atoms with Gasteiger partial charge in [-0.2, -0.15) is 0 Å². The lowest BCUT2D eigenvalue weighted by atomic mass is 10.1. The van der Waals surface area contributed by atoms with Crippen LogP contribution >= 0.6 is 23.4 Å². The van der Waals surface area contributed by atoms with E-state index in [0.29, 0.717) is 15.6 Å². The van der Waals surface area contributed by atoms with E-state index >= 15 is 0 Å². The minimum absolute atomic E-state index is 0.0552. The van der Waals surface area contributed by atoms with Gasteiger partial charge in [0.1, 0.15) is 0 Å². The number of aromatic nitrogens is 1. The van der Waals surface area contributed by atoms with Crippen molar-refractivity contribution in [3.8, 4) is 0 Å². The first-order valence-electron chi connectivity index (χ1n) is 8.32. The maximum atomic E-state index is 12.8. The first-order chi connectivity index (χ1) is 12.1. The fourth-order valence-electron chi connectivity index (χ4n) is 3.41. The monoisotopic (exact) mass is 388 g/mol. The Morgan fingerprint density at radius 3 is 2.38 bits per heavy atom. The Morgan fingerprint density at radius 2 is 1.81 bits per heavy atom. The molecule has 0 bridgehead atoms. The lowest BCUT2D eigenvalue weighted by Crippen LogP contribution is -2.27. The van der Waals surface area contributed by atoms with E-state index in [2.05, 4.69) is 25.3 Å². The molecule has 0 radical (unpaired) electrons. The molecule has 0 saturated carbocycles. The lowest BCUT2D eigenvalue weighted by molar-refractivity contribution is -0.113. The van der Waals surface area contributed by atoms with E-state index < -0.39 is 0 Å². The Hall–Kier alpha value is -1.98. The molecule has 1 fully saturated rings. The van der Waals surface area contributed by atoms with Crippen LogP contribution in [0.3, 0.4) is 0 Å². The normalized spacial score (nSPS) is 16.8. The van der Waals surface area contributed by atoms with Gasteiger partial charge in [-0.25, -0.2) is 4.90 Å². The highest BCUT2D eigenvalue weighted by molar-refractivity contribution is 8.19. The quantitative estimate of drug-likeness (QED) is 0.614. The summed E-state index contributed by atoms with van der Waals surface area (Å²) in [5.41, 5.74) is 3.58. The molecule has 1 aromatic carbocycles. The highest BCUT2D eigenvalue weighted by atomic mass is 35.5. The summed E-state index contributed by atoms with van der Waals surface area (Å²) in [5.74, 6) is -0.317. The van der Waals surface area contributed by atoms with E-state index in [-0.39, 0.29) is 16.7 Å². The Bertz CT molecular complexity index is 938. The molecule has 4 nitrogen and oxygen atoms in total. The molecule has 0 atom stereocenters. The van der Waals surface area contributed by atoms with Gasteiger partial charge in [0.2, 0.25) is 0 Å². The molecular formula is C20H21ClN2O2S. The van der Waals surface area contributed by atoms with Crippen LogP contribution in [0.5, 0.6) is 0 Å². The molecule has 1 saturated heterocycles. The highest BCUT2D eigenvalue weighted by Crippen LogP contribution is 2.37. The van der Waals surface area contributed by atoms with Crippen molar-refractivity contribution in [2.24, 2.45) is 0 Å². The third-order valence-electron chi connectivity index (χ3n) is 4.29. The third-order valence-corrected chi connectivity index (χ3v) is 5.39. The number of carbonyl (C=O) groups is 2. The van der Waals surface area contributed by atoms with E-state index in [1.165, 1.54) is 4.90 Å². The molecule has 1 aromatic heterocycles. The van der Waals surface area contributed by atoms with Gasteiger partial charge in [0.05, 0.1) is 10.6 Å². The lowest BCUT2D eigenvalue weighted by Gasteiger charge is -2.25. The van der Waals surface area contributed by atoms with Crippen LogP contribution in [0.2, 0.25) is 5.02 Å². The fraction of sp³-hybridized carbons (Fsp3) is 0.300. The number of hydrogen-bond donors (Lipinski definition) is 0. The number of anilines is 1. The van der Waals surface area contributed by atoms with Crippen LogP contribution in [-0.2, 0) is 10.3 Å². The van der Waals surface area contributed by atoms with E-state index in [4.69, 9.17) is 11.6 Å². The first-order valence-corrected chi connectivity index (χ1v) is 9.52. The molecule has 0 spiro atoms. The number of aryl methyl sites for hydroxylation is 1. The van der Waals surface area contributed by atoms with Crippen LogP contribution in [-0.4, -0.2) is 15.7 Å². The zero-order valence-electron chi connectivity index (χ0n) is 15.5. The van der Waals surface area contributed by atoms with Crippen LogP contribution < -0.4 is 4.90 Å². The second kappa shape index (κ2) is 6.63. The van der Waals surface area contributed by atoms with Gasteiger partial charge in [0.15, 0.2) is 0 Å².